The number of benzene rings is 2. The molecule has 2 amide bonds. The van der Waals surface area contributed by atoms with Crippen LogP contribution in [-0.4, -0.2) is 42.1 Å². The molecule has 0 atom stereocenters. The summed E-state index contributed by atoms with van der Waals surface area (Å²) in [6, 6.07) is 12.7. The van der Waals surface area contributed by atoms with Crippen molar-refractivity contribution >= 4 is 63.5 Å². The first-order chi connectivity index (χ1) is 14.9. The molecule has 1 aliphatic heterocycles. The van der Waals surface area contributed by atoms with Crippen molar-refractivity contribution in [3.8, 4) is 11.5 Å². The number of rotatable bonds is 7. The van der Waals surface area contributed by atoms with Crippen LogP contribution in [0.25, 0.3) is 6.08 Å². The summed E-state index contributed by atoms with van der Waals surface area (Å²) in [7, 11) is 1.58. The minimum absolute atomic E-state index is 0.0503. The number of anilines is 1. The van der Waals surface area contributed by atoms with E-state index in [1.165, 1.54) is 9.80 Å². The topological polar surface area (TPSA) is 59.1 Å². The molecule has 0 aromatic heterocycles. The molecule has 8 heteroatoms. The summed E-state index contributed by atoms with van der Waals surface area (Å²) in [6.07, 6.45) is 2.31. The zero-order valence-electron chi connectivity index (χ0n) is 17.6. The summed E-state index contributed by atoms with van der Waals surface area (Å²) in [6.45, 7) is 4.73. The molecule has 2 aromatic carbocycles. The van der Waals surface area contributed by atoms with E-state index in [4.69, 9.17) is 21.7 Å². The monoisotopic (exact) mass is 550 g/mol. The van der Waals surface area contributed by atoms with Gasteiger partial charge in [-0.3, -0.25) is 19.4 Å². The van der Waals surface area contributed by atoms with E-state index in [-0.39, 0.29) is 10.7 Å². The maximum absolute atomic E-state index is 13.4. The van der Waals surface area contributed by atoms with Gasteiger partial charge in [0.15, 0.2) is 16.6 Å². The first-order valence-corrected chi connectivity index (χ1v) is 11.4. The third-order valence-corrected chi connectivity index (χ3v) is 5.84. The third kappa shape index (κ3) is 4.74. The van der Waals surface area contributed by atoms with Gasteiger partial charge < -0.3 is 9.47 Å². The summed E-state index contributed by atoms with van der Waals surface area (Å²) in [5.41, 5.74) is 1.34. The van der Waals surface area contributed by atoms with Gasteiger partial charge in [0.25, 0.3) is 11.8 Å². The van der Waals surface area contributed by atoms with E-state index in [9.17, 15) is 9.59 Å². The van der Waals surface area contributed by atoms with Gasteiger partial charge in [-0.15, -0.1) is 0 Å². The summed E-state index contributed by atoms with van der Waals surface area (Å²) in [5, 5.41) is 0.194. The maximum Gasteiger partial charge on any atom is 0.270 e. The first kappa shape index (κ1) is 23.2. The van der Waals surface area contributed by atoms with Gasteiger partial charge in [0.05, 0.1) is 23.0 Å². The lowest BCUT2D eigenvalue weighted by molar-refractivity contribution is -0.127. The van der Waals surface area contributed by atoms with Crippen molar-refractivity contribution in [1.82, 2.24) is 4.90 Å². The summed E-state index contributed by atoms with van der Waals surface area (Å²) in [5.74, 6) is 0.330. The van der Waals surface area contributed by atoms with Gasteiger partial charge in [-0.05, 0) is 84.1 Å². The number of methoxy groups -OCH3 is 1. The van der Waals surface area contributed by atoms with Crippen LogP contribution in [0.2, 0.25) is 0 Å². The molecular formula is C23H23IN2O4S. The van der Waals surface area contributed by atoms with Gasteiger partial charge in [0, 0.05) is 6.54 Å². The molecule has 1 aliphatic rings. The quantitative estimate of drug-likeness (QED) is 0.218. The number of halogens is 1. The fourth-order valence-corrected chi connectivity index (χ4v) is 4.51. The van der Waals surface area contributed by atoms with Gasteiger partial charge in [0.2, 0.25) is 0 Å². The van der Waals surface area contributed by atoms with E-state index in [2.05, 4.69) is 22.6 Å². The molecule has 1 saturated heterocycles. The van der Waals surface area contributed by atoms with Crippen LogP contribution < -0.4 is 14.4 Å². The van der Waals surface area contributed by atoms with Crippen LogP contribution in [-0.2, 0) is 9.59 Å². The second-order valence-electron chi connectivity index (χ2n) is 6.74. The summed E-state index contributed by atoms with van der Waals surface area (Å²) >= 11 is 7.67. The summed E-state index contributed by atoms with van der Waals surface area (Å²) < 4.78 is 11.9. The molecule has 0 aliphatic carbocycles. The Morgan fingerprint density at radius 2 is 1.81 bits per heavy atom. The largest absolute Gasteiger partial charge is 0.492 e. The lowest BCUT2D eigenvalue weighted by Gasteiger charge is -2.36. The lowest BCUT2D eigenvalue weighted by Crippen LogP contribution is -2.56. The van der Waals surface area contributed by atoms with E-state index in [1.807, 2.05) is 38.1 Å². The van der Waals surface area contributed by atoms with E-state index in [1.54, 1.807) is 31.4 Å². The van der Waals surface area contributed by atoms with Crippen molar-refractivity contribution in [2.75, 3.05) is 25.2 Å². The number of thiocarbonyl (C=S) groups is 1. The second kappa shape index (κ2) is 10.2. The average molecular weight is 550 g/mol. The Labute approximate surface area is 200 Å². The number of carbonyl (C=O) groups is 2. The highest BCUT2D eigenvalue weighted by molar-refractivity contribution is 14.1. The number of hydrogen-bond acceptors (Lipinski definition) is 5. The molecule has 0 bridgehead atoms. The summed E-state index contributed by atoms with van der Waals surface area (Å²) in [4.78, 5) is 29.5. The average Bonchev–Trinajstić information content (AvgIpc) is 2.75. The van der Waals surface area contributed by atoms with Crippen molar-refractivity contribution < 1.29 is 19.1 Å². The lowest BCUT2D eigenvalue weighted by atomic mass is 10.0. The first-order valence-electron chi connectivity index (χ1n) is 9.90. The molecule has 0 unspecified atom stereocenters. The van der Waals surface area contributed by atoms with Crippen LogP contribution in [0.15, 0.2) is 48.0 Å². The van der Waals surface area contributed by atoms with Gasteiger partial charge in [0.1, 0.15) is 5.57 Å². The van der Waals surface area contributed by atoms with Crippen LogP contribution >= 0.6 is 34.8 Å². The van der Waals surface area contributed by atoms with E-state index in [0.717, 1.165) is 3.57 Å². The van der Waals surface area contributed by atoms with E-state index < -0.39 is 11.8 Å². The highest BCUT2D eigenvalue weighted by Gasteiger charge is 2.39. The maximum atomic E-state index is 13.4. The van der Waals surface area contributed by atoms with Crippen molar-refractivity contribution in [2.24, 2.45) is 0 Å². The number of hydrogen-bond donors (Lipinski definition) is 0. The van der Waals surface area contributed by atoms with E-state index in [0.29, 0.717) is 42.3 Å². The highest BCUT2D eigenvalue weighted by Crippen LogP contribution is 2.35. The van der Waals surface area contributed by atoms with Crippen LogP contribution in [0.4, 0.5) is 5.69 Å². The molecular weight excluding hydrogens is 527 g/mol. The van der Waals surface area contributed by atoms with Crippen molar-refractivity contribution in [2.45, 2.75) is 20.3 Å². The fourth-order valence-electron chi connectivity index (χ4n) is 3.30. The van der Waals surface area contributed by atoms with Gasteiger partial charge >= 0.3 is 0 Å². The molecule has 2 aromatic rings. The van der Waals surface area contributed by atoms with Crippen LogP contribution in [0, 0.1) is 3.57 Å². The molecule has 31 heavy (non-hydrogen) atoms. The standard InChI is InChI=1S/C23H23IN2O4S/c1-4-11-25-21(27)17(22(28)26(23(25)31)16-9-7-6-8-10-16)12-15-13-18(24)20(29-3)19(14-15)30-5-2/h6-10,12-14H,4-5,11H2,1-3H3/b17-12+. The van der Waals surface area contributed by atoms with Crippen molar-refractivity contribution in [3.05, 3.63) is 57.2 Å². The number of amides is 2. The Morgan fingerprint density at radius 3 is 2.42 bits per heavy atom. The molecule has 6 nitrogen and oxygen atoms in total. The fraction of sp³-hybridized carbons (Fsp3) is 0.261. The molecule has 3 rings (SSSR count). The van der Waals surface area contributed by atoms with Gasteiger partial charge in [-0.1, -0.05) is 25.1 Å². The Hall–Kier alpha value is -2.46. The number of para-hydroxylation sites is 1. The molecule has 162 valence electrons. The number of nitrogens with zero attached hydrogens (tertiary/aromatic N) is 2. The van der Waals surface area contributed by atoms with Gasteiger partial charge in [-0.2, -0.15) is 0 Å². The zero-order chi connectivity index (χ0) is 22.5. The van der Waals surface area contributed by atoms with Crippen molar-refractivity contribution in [1.29, 1.82) is 0 Å². The second-order valence-corrected chi connectivity index (χ2v) is 8.27. The predicted molar refractivity (Wildman–Crippen MR) is 133 cm³/mol. The Bertz CT molecular complexity index is 1040. The van der Waals surface area contributed by atoms with Gasteiger partial charge in [-0.25, -0.2) is 0 Å². The molecule has 1 heterocycles. The normalized spacial score (nSPS) is 15.6. The Kier molecular flexibility index (Phi) is 7.66. The highest BCUT2D eigenvalue weighted by atomic mass is 127. The smallest absolute Gasteiger partial charge is 0.270 e. The van der Waals surface area contributed by atoms with Crippen LogP contribution in [0.1, 0.15) is 25.8 Å². The van der Waals surface area contributed by atoms with E-state index >= 15 is 0 Å². The molecule has 1 fully saturated rings. The number of carbonyl (C=O) groups excluding carboxylic acids is 2. The third-order valence-electron chi connectivity index (χ3n) is 4.64. The molecule has 0 radical (unpaired) electrons. The Morgan fingerprint density at radius 1 is 1.10 bits per heavy atom. The molecule has 0 saturated carbocycles. The van der Waals surface area contributed by atoms with Crippen molar-refractivity contribution in [3.63, 3.8) is 0 Å². The molecule has 0 spiro atoms. The van der Waals surface area contributed by atoms with Crippen LogP contribution in [0.3, 0.4) is 0 Å². The number of ether oxygens (including phenoxy) is 2. The Balaban J connectivity index is 2.12. The minimum atomic E-state index is -0.447. The zero-order valence-corrected chi connectivity index (χ0v) is 20.5. The minimum Gasteiger partial charge on any atom is -0.492 e. The van der Waals surface area contributed by atoms with Crippen LogP contribution in [0.5, 0.6) is 11.5 Å². The molecule has 0 N–H and O–H groups in total. The predicted octanol–water partition coefficient (Wildman–Crippen LogP) is 4.65. The SMILES string of the molecule is CCCN1C(=O)/C(=C\c2cc(I)c(OC)c(OCC)c2)C(=O)N(c2ccccc2)C1=S.